The van der Waals surface area contributed by atoms with E-state index in [9.17, 15) is 19.5 Å². The molecule has 4 aromatic rings. The Bertz CT molecular complexity index is 1850. The number of hydrogen-bond acceptors (Lipinski definition) is 6. The molecule has 4 heterocycles. The molecule has 2 aliphatic heterocycles. The van der Waals surface area contributed by atoms with E-state index in [0.29, 0.717) is 36.0 Å². The highest BCUT2D eigenvalue weighted by Crippen LogP contribution is 2.51. The third kappa shape index (κ3) is 3.89. The van der Waals surface area contributed by atoms with Crippen molar-refractivity contribution < 1.29 is 28.4 Å². The fourth-order valence-electron chi connectivity index (χ4n) is 6.40. The zero-order valence-corrected chi connectivity index (χ0v) is 23.0. The minimum Gasteiger partial charge on any atom is -0.478 e. The zero-order chi connectivity index (χ0) is 29.3. The number of carbonyl (C=O) groups excluding carboxylic acids is 2. The molecule has 2 aromatic heterocycles. The van der Waals surface area contributed by atoms with E-state index in [1.165, 1.54) is 34.9 Å². The van der Waals surface area contributed by atoms with E-state index in [1.54, 1.807) is 24.4 Å². The van der Waals surface area contributed by atoms with Crippen molar-refractivity contribution in [3.8, 4) is 11.3 Å². The fourth-order valence-corrected chi connectivity index (χ4v) is 6.66. The van der Waals surface area contributed by atoms with Gasteiger partial charge in [-0.1, -0.05) is 41.5 Å². The smallest absolute Gasteiger partial charge is 0.328 e. The van der Waals surface area contributed by atoms with Crippen LogP contribution in [0, 0.1) is 5.82 Å². The summed E-state index contributed by atoms with van der Waals surface area (Å²) < 4.78 is 22.6. The quantitative estimate of drug-likeness (QED) is 0.329. The van der Waals surface area contributed by atoms with E-state index in [2.05, 4.69) is 11.7 Å². The maximum absolute atomic E-state index is 15.2. The molecule has 1 aliphatic carbocycles. The van der Waals surface area contributed by atoms with Gasteiger partial charge >= 0.3 is 5.97 Å². The van der Waals surface area contributed by atoms with Gasteiger partial charge < -0.3 is 19.4 Å². The number of nitrogens with zero attached hydrogens (tertiary/aromatic N) is 4. The molecule has 3 aliphatic rings. The Balaban J connectivity index is 1.53. The molecular formula is C31H24ClFN4O5. The second kappa shape index (κ2) is 9.42. The van der Waals surface area contributed by atoms with E-state index in [-0.39, 0.29) is 39.7 Å². The van der Waals surface area contributed by atoms with Crippen molar-refractivity contribution in [2.75, 3.05) is 18.0 Å². The maximum atomic E-state index is 15.2. The molecule has 1 saturated heterocycles. The van der Waals surface area contributed by atoms with Gasteiger partial charge in [-0.2, -0.15) is 0 Å². The Kier molecular flexibility index (Phi) is 5.88. The standard InChI is InChI=1S/C31H24ClFN4O5/c1-2-23(38)36-16-31(11-12-31)37-15-19(36)13-18-14-35(22-8-3-5-17(25(18)22)9-10-24(39)40)29(41)27-28(34-42-30(27)37)26-20(32)6-4-7-21(26)33/h2-10,14,19H,1,11-13,15-16H2,(H,39,40)/b10-9+/t19-/m1/s1. The van der Waals surface area contributed by atoms with Crippen molar-refractivity contribution in [1.82, 2.24) is 14.6 Å². The Morgan fingerprint density at radius 3 is 2.69 bits per heavy atom. The summed E-state index contributed by atoms with van der Waals surface area (Å²) in [7, 11) is 0. The van der Waals surface area contributed by atoms with Crippen LogP contribution in [-0.4, -0.2) is 62.2 Å². The summed E-state index contributed by atoms with van der Waals surface area (Å²) in [4.78, 5) is 42.8. The average molecular weight is 587 g/mol. The highest BCUT2D eigenvalue weighted by Gasteiger charge is 2.56. The summed E-state index contributed by atoms with van der Waals surface area (Å²) >= 11 is 6.44. The number of anilines is 1. The minimum absolute atomic E-state index is 0.0130. The molecule has 2 fully saturated rings. The summed E-state index contributed by atoms with van der Waals surface area (Å²) in [5, 5.41) is 14.3. The molecule has 1 atom stereocenters. The first kappa shape index (κ1) is 26.2. The lowest BCUT2D eigenvalue weighted by Gasteiger charge is -2.47. The first-order valence-corrected chi connectivity index (χ1v) is 13.8. The molecule has 0 unspecified atom stereocenters. The van der Waals surface area contributed by atoms with Crippen molar-refractivity contribution in [2.24, 2.45) is 0 Å². The lowest BCUT2D eigenvalue weighted by atomic mass is 9.95. The van der Waals surface area contributed by atoms with Gasteiger partial charge in [0.2, 0.25) is 11.8 Å². The molecule has 4 bridgehead atoms. The van der Waals surface area contributed by atoms with Crippen molar-refractivity contribution in [1.29, 1.82) is 0 Å². The largest absolute Gasteiger partial charge is 0.478 e. The summed E-state index contributed by atoms with van der Waals surface area (Å²) in [6, 6.07) is 9.16. The van der Waals surface area contributed by atoms with Crippen LogP contribution in [-0.2, 0) is 16.0 Å². The summed E-state index contributed by atoms with van der Waals surface area (Å²) in [6.07, 6.45) is 7.44. The Labute approximate surface area is 244 Å². The van der Waals surface area contributed by atoms with Crippen LogP contribution in [0.3, 0.4) is 0 Å². The molecule has 42 heavy (non-hydrogen) atoms. The van der Waals surface area contributed by atoms with Crippen LogP contribution < -0.4 is 4.90 Å². The minimum atomic E-state index is -1.11. The predicted octanol–water partition coefficient (Wildman–Crippen LogP) is 5.17. The van der Waals surface area contributed by atoms with Gasteiger partial charge in [0, 0.05) is 30.7 Å². The predicted molar refractivity (Wildman–Crippen MR) is 154 cm³/mol. The van der Waals surface area contributed by atoms with Crippen LogP contribution in [0.5, 0.6) is 0 Å². The van der Waals surface area contributed by atoms with Gasteiger partial charge in [0.1, 0.15) is 17.1 Å². The molecule has 7 rings (SSSR count). The molecule has 212 valence electrons. The molecule has 1 amide bonds. The van der Waals surface area contributed by atoms with E-state index < -0.39 is 23.2 Å². The Hall–Kier alpha value is -4.70. The van der Waals surface area contributed by atoms with Crippen molar-refractivity contribution in [3.63, 3.8) is 0 Å². The van der Waals surface area contributed by atoms with Crippen LogP contribution in [0.1, 0.15) is 34.3 Å². The van der Waals surface area contributed by atoms with Crippen LogP contribution in [0.2, 0.25) is 5.02 Å². The lowest BCUT2D eigenvalue weighted by Crippen LogP contribution is -2.62. The van der Waals surface area contributed by atoms with E-state index in [0.717, 1.165) is 24.5 Å². The molecule has 1 N–H and O–H groups in total. The van der Waals surface area contributed by atoms with Crippen molar-refractivity contribution >= 4 is 52.2 Å². The molecular weight excluding hydrogens is 563 g/mol. The topological polar surface area (TPSA) is 109 Å². The van der Waals surface area contributed by atoms with Gasteiger partial charge in [-0.25, -0.2) is 9.18 Å². The second-order valence-electron chi connectivity index (χ2n) is 10.9. The first-order chi connectivity index (χ1) is 20.2. The van der Waals surface area contributed by atoms with E-state index in [1.807, 2.05) is 9.80 Å². The van der Waals surface area contributed by atoms with Gasteiger partial charge in [-0.05, 0) is 60.7 Å². The summed E-state index contributed by atoms with van der Waals surface area (Å²) in [5.41, 5.74) is 1.42. The number of amides is 1. The highest BCUT2D eigenvalue weighted by atomic mass is 35.5. The van der Waals surface area contributed by atoms with Crippen LogP contribution in [0.15, 0.2) is 65.8 Å². The fraction of sp³-hybridized carbons (Fsp3) is 0.226. The average Bonchev–Trinajstić information content (AvgIpc) is 3.45. The molecule has 0 radical (unpaired) electrons. The number of fused-ring (bicyclic) bond motifs is 10. The molecule has 1 saturated carbocycles. The number of aliphatic carboxylic acids is 1. The van der Waals surface area contributed by atoms with Gasteiger partial charge in [0.15, 0.2) is 0 Å². The normalized spacial score (nSPS) is 18.9. The second-order valence-corrected chi connectivity index (χ2v) is 11.3. The highest BCUT2D eigenvalue weighted by molar-refractivity contribution is 6.33. The van der Waals surface area contributed by atoms with Crippen LogP contribution in [0.25, 0.3) is 28.2 Å². The van der Waals surface area contributed by atoms with Gasteiger partial charge in [0.25, 0.3) is 5.91 Å². The zero-order valence-electron chi connectivity index (χ0n) is 22.2. The van der Waals surface area contributed by atoms with Gasteiger partial charge in [0.05, 0.1) is 27.7 Å². The number of carboxylic acid groups (broad SMARTS) is 1. The van der Waals surface area contributed by atoms with Crippen molar-refractivity contribution in [2.45, 2.75) is 30.8 Å². The number of hydrogen-bond donors (Lipinski definition) is 1. The number of halogens is 2. The summed E-state index contributed by atoms with van der Waals surface area (Å²) in [5.74, 6) is -2.25. The molecule has 9 nitrogen and oxygen atoms in total. The number of rotatable bonds is 4. The number of carbonyl (C=O) groups is 3. The third-order valence-electron chi connectivity index (χ3n) is 8.51. The van der Waals surface area contributed by atoms with Crippen molar-refractivity contribution in [3.05, 3.63) is 88.9 Å². The SMILES string of the molecule is C=CC(=O)N1CC2(CC2)N2C[C@H]1Cc1cn(c3cccc(/C=C/C(=O)O)c13)C(=O)c1c(-c3c(F)cccc3Cl)noc12. The maximum Gasteiger partial charge on any atom is 0.328 e. The number of aromatic nitrogens is 2. The Morgan fingerprint density at radius 2 is 1.98 bits per heavy atom. The third-order valence-corrected chi connectivity index (χ3v) is 8.82. The summed E-state index contributed by atoms with van der Waals surface area (Å²) in [6.45, 7) is 4.43. The first-order valence-electron chi connectivity index (χ1n) is 13.5. The number of benzene rings is 2. The molecule has 1 spiro atoms. The van der Waals surface area contributed by atoms with E-state index >= 15 is 4.39 Å². The van der Waals surface area contributed by atoms with Gasteiger partial charge in [-0.3, -0.25) is 14.2 Å². The molecule has 11 heteroatoms. The number of piperazine rings is 1. The monoisotopic (exact) mass is 586 g/mol. The van der Waals surface area contributed by atoms with Gasteiger partial charge in [-0.15, -0.1) is 0 Å². The number of carboxylic acids is 1. The molecule has 2 aromatic carbocycles. The Morgan fingerprint density at radius 1 is 1.19 bits per heavy atom. The van der Waals surface area contributed by atoms with Crippen LogP contribution in [0.4, 0.5) is 10.3 Å². The lowest BCUT2D eigenvalue weighted by molar-refractivity contribution is -0.131. The van der Waals surface area contributed by atoms with Crippen LogP contribution >= 0.6 is 11.6 Å². The van der Waals surface area contributed by atoms with E-state index in [4.69, 9.17) is 16.1 Å².